The second kappa shape index (κ2) is 7.05. The molecule has 0 aliphatic carbocycles. The van der Waals surface area contributed by atoms with E-state index in [1.54, 1.807) is 0 Å². The van der Waals surface area contributed by atoms with Crippen LogP contribution in [0.2, 0.25) is 0 Å². The Balaban J connectivity index is 1.51. The number of imidazole rings is 1. The quantitative estimate of drug-likeness (QED) is 0.723. The van der Waals surface area contributed by atoms with Crippen molar-refractivity contribution in [2.24, 2.45) is 7.05 Å². The molecule has 4 rings (SSSR count). The van der Waals surface area contributed by atoms with E-state index in [9.17, 15) is 0 Å². The van der Waals surface area contributed by atoms with Crippen LogP contribution in [-0.4, -0.2) is 53.2 Å². The molecule has 1 aliphatic heterocycles. The Bertz CT molecular complexity index is 904. The average Bonchev–Trinajstić information content (AvgIpc) is 2.98. The number of ether oxygens (including phenoxy) is 1. The molecular formula is C20H25N5O. The second-order valence-electron chi connectivity index (χ2n) is 6.99. The summed E-state index contributed by atoms with van der Waals surface area (Å²) in [6.45, 7) is 3.26. The van der Waals surface area contributed by atoms with Crippen LogP contribution in [0.5, 0.6) is 0 Å². The van der Waals surface area contributed by atoms with Crippen LogP contribution in [0.25, 0.3) is 11.0 Å². The lowest BCUT2D eigenvalue weighted by atomic mass is 10.2. The molecule has 0 bridgehead atoms. The van der Waals surface area contributed by atoms with Gasteiger partial charge in [0.15, 0.2) is 0 Å². The molecule has 2 aromatic heterocycles. The molecule has 0 unspecified atom stereocenters. The van der Waals surface area contributed by atoms with E-state index in [1.165, 1.54) is 5.52 Å². The van der Waals surface area contributed by atoms with E-state index in [-0.39, 0.29) is 6.10 Å². The minimum Gasteiger partial charge on any atom is -0.369 e. The fourth-order valence-electron chi connectivity index (χ4n) is 3.43. The zero-order valence-electron chi connectivity index (χ0n) is 15.6. The van der Waals surface area contributed by atoms with E-state index in [1.807, 2.05) is 37.2 Å². The van der Waals surface area contributed by atoms with E-state index in [0.717, 1.165) is 42.5 Å². The molecule has 0 spiro atoms. The zero-order valence-corrected chi connectivity index (χ0v) is 15.6. The van der Waals surface area contributed by atoms with Crippen molar-refractivity contribution >= 4 is 16.9 Å². The first-order chi connectivity index (χ1) is 12.6. The van der Waals surface area contributed by atoms with Crippen LogP contribution in [0.1, 0.15) is 17.6 Å². The number of benzene rings is 1. The van der Waals surface area contributed by atoms with Gasteiger partial charge < -0.3 is 14.2 Å². The number of hydrogen-bond acceptors (Lipinski definition) is 5. The summed E-state index contributed by atoms with van der Waals surface area (Å²) in [5.41, 5.74) is 3.22. The lowest BCUT2D eigenvalue weighted by Crippen LogP contribution is -2.38. The standard InChI is InChI=1S/C20H25N5O/c1-23(2)19-10-6-8-16(22-19)18-13-25(11-12-26-18)14-20-21-15-7-4-5-9-17(15)24(20)3/h4-10,18H,11-14H2,1-3H3/t18-/m0/s1. The predicted octanol–water partition coefficient (Wildman–Crippen LogP) is 2.61. The van der Waals surface area contributed by atoms with Crippen molar-refractivity contribution in [2.75, 3.05) is 38.7 Å². The van der Waals surface area contributed by atoms with Gasteiger partial charge >= 0.3 is 0 Å². The third-order valence-electron chi connectivity index (χ3n) is 4.94. The van der Waals surface area contributed by atoms with Crippen molar-refractivity contribution in [1.82, 2.24) is 19.4 Å². The molecule has 0 amide bonds. The van der Waals surface area contributed by atoms with Gasteiger partial charge in [-0.1, -0.05) is 18.2 Å². The van der Waals surface area contributed by atoms with Gasteiger partial charge in [-0.2, -0.15) is 0 Å². The summed E-state index contributed by atoms with van der Waals surface area (Å²) in [7, 11) is 6.10. The van der Waals surface area contributed by atoms with E-state index in [2.05, 4.69) is 40.8 Å². The van der Waals surface area contributed by atoms with Crippen molar-refractivity contribution in [1.29, 1.82) is 0 Å². The second-order valence-corrected chi connectivity index (χ2v) is 6.99. The molecule has 1 aliphatic rings. The molecule has 3 heterocycles. The van der Waals surface area contributed by atoms with Gasteiger partial charge in [-0.15, -0.1) is 0 Å². The summed E-state index contributed by atoms with van der Waals surface area (Å²) in [6.07, 6.45) is -0.00154. The summed E-state index contributed by atoms with van der Waals surface area (Å²) in [6, 6.07) is 14.4. The first-order valence-corrected chi connectivity index (χ1v) is 9.00. The average molecular weight is 351 g/mol. The highest BCUT2D eigenvalue weighted by Gasteiger charge is 2.24. The topological polar surface area (TPSA) is 46.4 Å². The lowest BCUT2D eigenvalue weighted by Gasteiger charge is -2.32. The third kappa shape index (κ3) is 3.30. The maximum atomic E-state index is 6.01. The summed E-state index contributed by atoms with van der Waals surface area (Å²) >= 11 is 0. The van der Waals surface area contributed by atoms with E-state index in [4.69, 9.17) is 14.7 Å². The Labute approximate surface area is 154 Å². The van der Waals surface area contributed by atoms with Crippen LogP contribution in [0, 0.1) is 0 Å². The Kier molecular flexibility index (Phi) is 4.61. The van der Waals surface area contributed by atoms with Crippen molar-refractivity contribution in [3.8, 4) is 0 Å². The number of fused-ring (bicyclic) bond motifs is 1. The summed E-state index contributed by atoms with van der Waals surface area (Å²) in [5.74, 6) is 2.04. The van der Waals surface area contributed by atoms with Gasteiger partial charge in [0.1, 0.15) is 17.7 Å². The highest BCUT2D eigenvalue weighted by atomic mass is 16.5. The normalized spacial score (nSPS) is 18.3. The fraction of sp³-hybridized carbons (Fsp3) is 0.400. The van der Waals surface area contributed by atoms with Crippen LogP contribution in [-0.2, 0) is 18.3 Å². The number of rotatable bonds is 4. The van der Waals surface area contributed by atoms with Crippen LogP contribution in [0.15, 0.2) is 42.5 Å². The maximum absolute atomic E-state index is 6.01. The van der Waals surface area contributed by atoms with Gasteiger partial charge in [0.05, 0.1) is 29.9 Å². The molecule has 0 radical (unpaired) electrons. The number of para-hydroxylation sites is 2. The Morgan fingerprint density at radius 2 is 1.96 bits per heavy atom. The number of pyridine rings is 1. The molecule has 136 valence electrons. The van der Waals surface area contributed by atoms with Gasteiger partial charge in [0, 0.05) is 34.2 Å². The summed E-state index contributed by atoms with van der Waals surface area (Å²) in [5, 5.41) is 0. The van der Waals surface area contributed by atoms with Gasteiger partial charge in [0.2, 0.25) is 0 Å². The molecular weight excluding hydrogens is 326 g/mol. The van der Waals surface area contributed by atoms with Gasteiger partial charge in [0.25, 0.3) is 0 Å². The van der Waals surface area contributed by atoms with Crippen molar-refractivity contribution in [3.63, 3.8) is 0 Å². The molecule has 6 heteroatoms. The lowest BCUT2D eigenvalue weighted by molar-refractivity contribution is -0.0358. The molecule has 1 atom stereocenters. The number of aryl methyl sites for hydroxylation is 1. The van der Waals surface area contributed by atoms with Crippen LogP contribution in [0.3, 0.4) is 0 Å². The summed E-state index contributed by atoms with van der Waals surface area (Å²) in [4.78, 5) is 14.0. The first kappa shape index (κ1) is 17.0. The summed E-state index contributed by atoms with van der Waals surface area (Å²) < 4.78 is 8.19. The molecule has 6 nitrogen and oxygen atoms in total. The minimum absolute atomic E-state index is 0.00154. The molecule has 1 fully saturated rings. The van der Waals surface area contributed by atoms with E-state index in [0.29, 0.717) is 6.61 Å². The predicted molar refractivity (Wildman–Crippen MR) is 103 cm³/mol. The van der Waals surface area contributed by atoms with E-state index < -0.39 is 0 Å². The molecule has 3 aromatic rings. The van der Waals surface area contributed by atoms with E-state index >= 15 is 0 Å². The van der Waals surface area contributed by atoms with Crippen molar-refractivity contribution < 1.29 is 4.74 Å². The van der Waals surface area contributed by atoms with Crippen LogP contribution < -0.4 is 4.90 Å². The smallest absolute Gasteiger partial charge is 0.128 e. The number of morpholine rings is 1. The van der Waals surface area contributed by atoms with Gasteiger partial charge in [-0.3, -0.25) is 4.90 Å². The molecule has 1 aromatic carbocycles. The minimum atomic E-state index is -0.00154. The largest absolute Gasteiger partial charge is 0.369 e. The Morgan fingerprint density at radius 1 is 1.12 bits per heavy atom. The number of aromatic nitrogens is 3. The molecule has 0 N–H and O–H groups in total. The number of nitrogens with zero attached hydrogens (tertiary/aromatic N) is 5. The number of hydrogen-bond donors (Lipinski definition) is 0. The molecule has 0 saturated carbocycles. The fourth-order valence-corrected chi connectivity index (χ4v) is 3.43. The van der Waals surface area contributed by atoms with Crippen molar-refractivity contribution in [2.45, 2.75) is 12.6 Å². The highest BCUT2D eigenvalue weighted by molar-refractivity contribution is 5.75. The highest BCUT2D eigenvalue weighted by Crippen LogP contribution is 2.24. The Hall–Kier alpha value is -2.44. The monoisotopic (exact) mass is 351 g/mol. The number of anilines is 1. The van der Waals surface area contributed by atoms with Crippen LogP contribution >= 0.6 is 0 Å². The van der Waals surface area contributed by atoms with Crippen LogP contribution in [0.4, 0.5) is 5.82 Å². The maximum Gasteiger partial charge on any atom is 0.128 e. The molecule has 26 heavy (non-hydrogen) atoms. The van der Waals surface area contributed by atoms with Gasteiger partial charge in [-0.25, -0.2) is 9.97 Å². The SMILES string of the molecule is CN(C)c1cccc([C@@H]2CN(Cc3nc4ccccc4n3C)CCO2)n1. The molecule has 1 saturated heterocycles. The first-order valence-electron chi connectivity index (χ1n) is 9.00. The zero-order chi connectivity index (χ0) is 18.1. The van der Waals surface area contributed by atoms with Gasteiger partial charge in [-0.05, 0) is 24.3 Å². The Morgan fingerprint density at radius 3 is 2.77 bits per heavy atom. The third-order valence-corrected chi connectivity index (χ3v) is 4.94. The van der Waals surface area contributed by atoms with Crippen molar-refractivity contribution in [3.05, 3.63) is 54.0 Å².